The predicted octanol–water partition coefficient (Wildman–Crippen LogP) is 4.13. The van der Waals surface area contributed by atoms with Crippen LogP contribution in [0, 0.1) is 0 Å². The van der Waals surface area contributed by atoms with Gasteiger partial charge >= 0.3 is 0 Å². The van der Waals surface area contributed by atoms with Crippen LogP contribution in [0.5, 0.6) is 0 Å². The quantitative estimate of drug-likeness (QED) is 0.544. The van der Waals surface area contributed by atoms with Gasteiger partial charge in [-0.25, -0.2) is 0 Å². The summed E-state index contributed by atoms with van der Waals surface area (Å²) in [5.74, 6) is 0. The smallest absolute Gasteiger partial charge is 0.0688 e. The highest BCUT2D eigenvalue weighted by molar-refractivity contribution is 6.18. The van der Waals surface area contributed by atoms with Crippen molar-refractivity contribution >= 4 is 32.3 Å². The van der Waals surface area contributed by atoms with E-state index in [0.717, 1.165) is 38.1 Å². The average molecular weight is 288 g/mol. The third-order valence-electron chi connectivity index (χ3n) is 4.34. The molecule has 2 heteroatoms. The lowest BCUT2D eigenvalue weighted by Gasteiger charge is -2.12. The topological polar surface area (TPSA) is 40.5 Å². The second kappa shape index (κ2) is 5.09. The van der Waals surface area contributed by atoms with Crippen LogP contribution < -0.4 is 0 Å². The Bertz CT molecular complexity index is 1000. The van der Waals surface area contributed by atoms with Gasteiger partial charge in [-0.05, 0) is 55.6 Å². The molecule has 0 saturated carbocycles. The van der Waals surface area contributed by atoms with Gasteiger partial charge in [-0.15, -0.1) is 0 Å². The van der Waals surface area contributed by atoms with Crippen molar-refractivity contribution in [1.29, 1.82) is 0 Å². The summed E-state index contributed by atoms with van der Waals surface area (Å²) in [4.78, 5) is 0. The average Bonchev–Trinajstić information content (AvgIpc) is 2.59. The number of aliphatic hydroxyl groups excluding tert-OH is 2. The zero-order chi connectivity index (χ0) is 15.1. The summed E-state index contributed by atoms with van der Waals surface area (Å²) in [7, 11) is 0. The highest BCUT2D eigenvalue weighted by Gasteiger charge is 2.09. The van der Waals surface area contributed by atoms with Crippen molar-refractivity contribution in [3.05, 3.63) is 71.8 Å². The minimum absolute atomic E-state index is 0.0161. The van der Waals surface area contributed by atoms with Crippen LogP contribution in [0.15, 0.2) is 60.7 Å². The van der Waals surface area contributed by atoms with E-state index in [2.05, 4.69) is 30.3 Å². The van der Waals surface area contributed by atoms with Crippen molar-refractivity contribution in [2.45, 2.75) is 13.2 Å². The molecule has 0 unspecified atom stereocenters. The van der Waals surface area contributed by atoms with Crippen LogP contribution in [-0.4, -0.2) is 10.2 Å². The molecule has 2 N–H and O–H groups in total. The maximum Gasteiger partial charge on any atom is 0.0688 e. The van der Waals surface area contributed by atoms with E-state index in [-0.39, 0.29) is 13.2 Å². The first-order chi connectivity index (χ1) is 10.8. The fourth-order valence-electron chi connectivity index (χ4n) is 3.30. The second-order valence-electron chi connectivity index (χ2n) is 5.62. The molecular weight excluding hydrogens is 272 g/mol. The standard InChI is InChI=1S/C20H16O2/c21-11-13-5-7-18-15(9-13)6-8-19-17-4-2-1-3-14(17)10-16(12-22)20(18)19/h1-10,21-22H,11-12H2. The molecule has 22 heavy (non-hydrogen) atoms. The van der Waals surface area contributed by atoms with E-state index in [1.165, 1.54) is 5.39 Å². The van der Waals surface area contributed by atoms with Gasteiger partial charge in [0.15, 0.2) is 0 Å². The molecule has 0 heterocycles. The molecule has 4 rings (SSSR count). The third-order valence-corrected chi connectivity index (χ3v) is 4.34. The van der Waals surface area contributed by atoms with Gasteiger partial charge in [-0.2, -0.15) is 0 Å². The fourth-order valence-corrected chi connectivity index (χ4v) is 3.30. The van der Waals surface area contributed by atoms with Crippen LogP contribution in [0.25, 0.3) is 32.3 Å². The van der Waals surface area contributed by atoms with Crippen LogP contribution in [-0.2, 0) is 13.2 Å². The molecular formula is C20H16O2. The van der Waals surface area contributed by atoms with Crippen LogP contribution >= 0.6 is 0 Å². The lowest BCUT2D eigenvalue weighted by Crippen LogP contribution is -1.91. The van der Waals surface area contributed by atoms with E-state index in [9.17, 15) is 10.2 Å². The van der Waals surface area contributed by atoms with E-state index < -0.39 is 0 Å². The van der Waals surface area contributed by atoms with Crippen LogP contribution in [0.4, 0.5) is 0 Å². The van der Waals surface area contributed by atoms with Gasteiger partial charge in [0.2, 0.25) is 0 Å². The van der Waals surface area contributed by atoms with Crippen molar-refractivity contribution in [1.82, 2.24) is 0 Å². The molecule has 4 aromatic rings. The van der Waals surface area contributed by atoms with Gasteiger partial charge in [-0.3, -0.25) is 0 Å². The number of hydrogen-bond donors (Lipinski definition) is 2. The number of hydrogen-bond acceptors (Lipinski definition) is 2. The molecule has 0 radical (unpaired) electrons. The third kappa shape index (κ3) is 1.89. The molecule has 0 fully saturated rings. The lowest BCUT2D eigenvalue weighted by molar-refractivity contribution is 0.282. The monoisotopic (exact) mass is 288 g/mol. The summed E-state index contributed by atoms with van der Waals surface area (Å²) in [6.07, 6.45) is 0. The van der Waals surface area contributed by atoms with Crippen molar-refractivity contribution < 1.29 is 10.2 Å². The van der Waals surface area contributed by atoms with Crippen LogP contribution in [0.3, 0.4) is 0 Å². The van der Waals surface area contributed by atoms with Crippen LogP contribution in [0.2, 0.25) is 0 Å². The summed E-state index contributed by atoms with van der Waals surface area (Å²) >= 11 is 0. The van der Waals surface area contributed by atoms with Crippen LogP contribution in [0.1, 0.15) is 11.1 Å². The van der Waals surface area contributed by atoms with Gasteiger partial charge < -0.3 is 10.2 Å². The summed E-state index contributed by atoms with van der Waals surface area (Å²) in [6, 6.07) is 20.5. The maximum atomic E-state index is 9.82. The van der Waals surface area contributed by atoms with E-state index >= 15 is 0 Å². The molecule has 4 aromatic carbocycles. The van der Waals surface area contributed by atoms with Gasteiger partial charge in [0.05, 0.1) is 13.2 Å². The summed E-state index contributed by atoms with van der Waals surface area (Å²) in [5.41, 5.74) is 1.84. The Hall–Kier alpha value is -2.42. The summed E-state index contributed by atoms with van der Waals surface area (Å²) in [6.45, 7) is 0.0563. The van der Waals surface area contributed by atoms with Gasteiger partial charge in [0.1, 0.15) is 0 Å². The first kappa shape index (κ1) is 13.3. The molecule has 0 spiro atoms. The van der Waals surface area contributed by atoms with Crippen molar-refractivity contribution in [2.75, 3.05) is 0 Å². The Morgan fingerprint density at radius 1 is 0.636 bits per heavy atom. The second-order valence-corrected chi connectivity index (χ2v) is 5.62. The highest BCUT2D eigenvalue weighted by Crippen LogP contribution is 2.34. The molecule has 0 aromatic heterocycles. The molecule has 0 atom stereocenters. The Balaban J connectivity index is 2.22. The first-order valence-electron chi connectivity index (χ1n) is 7.39. The normalized spacial score (nSPS) is 11.5. The van der Waals surface area contributed by atoms with E-state index in [1.54, 1.807) is 0 Å². The number of rotatable bonds is 2. The molecule has 108 valence electrons. The molecule has 0 amide bonds. The summed E-state index contributed by atoms with van der Waals surface area (Å²) < 4.78 is 0. The number of aliphatic hydroxyl groups is 2. The van der Waals surface area contributed by atoms with Crippen molar-refractivity contribution in [3.8, 4) is 0 Å². The highest BCUT2D eigenvalue weighted by atomic mass is 16.3. The van der Waals surface area contributed by atoms with E-state index in [0.29, 0.717) is 0 Å². The minimum Gasteiger partial charge on any atom is -0.392 e. The fraction of sp³-hybridized carbons (Fsp3) is 0.100. The van der Waals surface area contributed by atoms with Gasteiger partial charge in [0.25, 0.3) is 0 Å². The van der Waals surface area contributed by atoms with Crippen molar-refractivity contribution in [3.63, 3.8) is 0 Å². The first-order valence-corrected chi connectivity index (χ1v) is 7.39. The van der Waals surface area contributed by atoms with Gasteiger partial charge in [-0.1, -0.05) is 48.5 Å². The SMILES string of the molecule is OCc1ccc2c(ccc3c4ccccc4cc(CO)c23)c1. The maximum absolute atomic E-state index is 9.82. The number of fused-ring (bicyclic) bond motifs is 5. The zero-order valence-corrected chi connectivity index (χ0v) is 12.1. The Morgan fingerprint density at radius 2 is 1.41 bits per heavy atom. The Kier molecular flexibility index (Phi) is 3.07. The van der Waals surface area contributed by atoms with E-state index in [1.807, 2.05) is 30.3 Å². The number of benzene rings is 4. The molecule has 0 aliphatic carbocycles. The molecule has 0 bridgehead atoms. The molecule has 0 aliphatic heterocycles. The Labute approximate surface area is 128 Å². The molecule has 0 aliphatic rings. The summed E-state index contributed by atoms with van der Waals surface area (Å²) in [5, 5.41) is 25.9. The molecule has 2 nitrogen and oxygen atoms in total. The van der Waals surface area contributed by atoms with E-state index in [4.69, 9.17) is 0 Å². The zero-order valence-electron chi connectivity index (χ0n) is 12.1. The minimum atomic E-state index is 0.0161. The predicted molar refractivity (Wildman–Crippen MR) is 90.8 cm³/mol. The largest absolute Gasteiger partial charge is 0.392 e. The van der Waals surface area contributed by atoms with Gasteiger partial charge in [0, 0.05) is 0 Å². The lowest BCUT2D eigenvalue weighted by atomic mass is 9.92. The Morgan fingerprint density at radius 3 is 2.23 bits per heavy atom. The molecule has 0 saturated heterocycles. The van der Waals surface area contributed by atoms with Crippen molar-refractivity contribution in [2.24, 2.45) is 0 Å².